The topological polar surface area (TPSA) is 100 Å². The van der Waals surface area contributed by atoms with Crippen LogP contribution >= 0.6 is 22.7 Å². The van der Waals surface area contributed by atoms with Crippen molar-refractivity contribution in [3.05, 3.63) is 382 Å². The van der Waals surface area contributed by atoms with Crippen LogP contribution in [0.1, 0.15) is 0 Å². The molecule has 14 aromatic carbocycles. The van der Waals surface area contributed by atoms with Crippen molar-refractivity contribution >= 4 is 107 Å². The van der Waals surface area contributed by atoms with Crippen LogP contribution in [-0.2, 0) is 0 Å². The van der Waals surface area contributed by atoms with Gasteiger partial charge in [-0.15, -0.1) is 22.7 Å². The van der Waals surface area contributed by atoms with Gasteiger partial charge in [0.15, 0.2) is 23.3 Å². The third kappa shape index (κ3) is 11.7. The van der Waals surface area contributed by atoms with E-state index in [0.717, 1.165) is 123 Å². The Balaban J connectivity index is 0.000000141. The molecule has 0 aliphatic rings. The highest BCUT2D eigenvalue weighted by Crippen LogP contribution is 2.51. The fourth-order valence-electron chi connectivity index (χ4n) is 15.8. The van der Waals surface area contributed by atoms with Crippen molar-refractivity contribution in [3.63, 3.8) is 0 Å². The van der Waals surface area contributed by atoms with Crippen molar-refractivity contribution < 1.29 is 0 Å². The van der Waals surface area contributed by atoms with E-state index in [2.05, 4.69) is 294 Å². The molecule has 0 saturated heterocycles. The Morgan fingerprint density at radius 3 is 1.04 bits per heavy atom. The highest BCUT2D eigenvalue weighted by Gasteiger charge is 2.27. The zero-order chi connectivity index (χ0) is 74.0. The third-order valence-corrected chi connectivity index (χ3v) is 23.6. The lowest BCUT2D eigenvalue weighted by atomic mass is 9.97. The molecule has 8 aromatic heterocycles. The number of hydrogen-bond acceptors (Lipinski definition) is 9. The molecule has 0 aliphatic heterocycles. The van der Waals surface area contributed by atoms with Gasteiger partial charge >= 0.3 is 0 Å². The van der Waals surface area contributed by atoms with Crippen LogP contribution in [0.4, 0.5) is 0 Å². The zero-order valence-corrected chi connectivity index (χ0v) is 61.8. The highest BCUT2D eigenvalue weighted by molar-refractivity contribution is 7.28. The van der Waals surface area contributed by atoms with E-state index in [1.165, 1.54) is 62.4 Å². The van der Waals surface area contributed by atoms with E-state index in [1.807, 2.05) is 120 Å². The second-order valence-electron chi connectivity index (χ2n) is 27.8. The number of fused-ring (bicyclic) bond motifs is 14. The molecule has 112 heavy (non-hydrogen) atoms. The van der Waals surface area contributed by atoms with Crippen LogP contribution in [0.5, 0.6) is 0 Å². The molecule has 0 N–H and O–H groups in total. The highest BCUT2D eigenvalue weighted by atomic mass is 32.1. The van der Waals surface area contributed by atoms with Gasteiger partial charge in [-0.05, 0) is 65.2 Å². The van der Waals surface area contributed by atoms with Crippen molar-refractivity contribution in [2.24, 2.45) is 0 Å². The second kappa shape index (κ2) is 27.9. The fraction of sp³-hybridized carbons (Fsp3) is 0. The van der Waals surface area contributed by atoms with Crippen LogP contribution in [0.3, 0.4) is 0 Å². The van der Waals surface area contributed by atoms with Crippen LogP contribution in [-0.4, -0.2) is 44.0 Å². The first kappa shape index (κ1) is 65.8. The van der Waals surface area contributed by atoms with E-state index in [1.54, 1.807) is 0 Å². The Morgan fingerprint density at radius 2 is 0.562 bits per heavy atom. The van der Waals surface area contributed by atoms with Gasteiger partial charge in [0.1, 0.15) is 0 Å². The number of benzene rings is 14. The number of pyridine rings is 2. The van der Waals surface area contributed by atoms with E-state index in [-0.39, 0.29) is 0 Å². The molecule has 0 atom stereocenters. The lowest BCUT2D eigenvalue weighted by molar-refractivity contribution is 1.07. The predicted molar refractivity (Wildman–Crippen MR) is 466 cm³/mol. The standard InChI is InChI=1S/C51H32N4S.C50H31N5S/c1-5-16-34(17-6-1)42-32-43(53-51(52-42)37-20-9-3-10-21-37)35-30-28-33(29-31-35)39-25-15-26-41-47(39)54-46(36-18-7-2-8-19-36)45-48-50(56-49(41)45)40-24-13-14-27-44(40)55(48)38-22-11-4-12-23-38;1-5-15-33(16-6-1)44-43-45-47(40-23-13-14-24-42(40)55(45)38-21-11-4-12-22-38)56-46(43)39-30-29-37(31-41(39)51-44)32-25-27-36(28-26-32)50-53-48(34-17-7-2-8-18-34)52-49(54-50)35-19-9-3-10-20-35/h1-32H;1-31H. The largest absolute Gasteiger partial charge is 0.308 e. The lowest BCUT2D eigenvalue weighted by Crippen LogP contribution is -2.00. The predicted octanol–water partition coefficient (Wildman–Crippen LogP) is 26.7. The summed E-state index contributed by atoms with van der Waals surface area (Å²) in [5.41, 5.74) is 25.3. The Labute approximate surface area is 652 Å². The summed E-state index contributed by atoms with van der Waals surface area (Å²) >= 11 is 3.74. The van der Waals surface area contributed by atoms with Gasteiger partial charge < -0.3 is 9.13 Å². The van der Waals surface area contributed by atoms with Gasteiger partial charge in [0.25, 0.3) is 0 Å². The summed E-state index contributed by atoms with van der Waals surface area (Å²) in [5, 5.41) is 7.17. The molecule has 22 aromatic rings. The number of para-hydroxylation sites is 5. The van der Waals surface area contributed by atoms with E-state index >= 15 is 0 Å². The quantitative estimate of drug-likeness (QED) is 0.120. The van der Waals surface area contributed by atoms with Crippen LogP contribution in [0.25, 0.3) is 208 Å². The average molecular weight is 1470 g/mol. The summed E-state index contributed by atoms with van der Waals surface area (Å²) in [6.45, 7) is 0. The minimum Gasteiger partial charge on any atom is -0.308 e. The van der Waals surface area contributed by atoms with Crippen LogP contribution in [0.15, 0.2) is 382 Å². The summed E-state index contributed by atoms with van der Waals surface area (Å²) in [6, 6.07) is 133. The first-order chi connectivity index (χ1) is 55.5. The summed E-state index contributed by atoms with van der Waals surface area (Å²) in [5.74, 6) is 2.64. The first-order valence-corrected chi connectivity index (χ1v) is 39.1. The van der Waals surface area contributed by atoms with Gasteiger partial charge in [0.05, 0.1) is 65.3 Å². The molecular formula is C101H63N9S2. The van der Waals surface area contributed by atoms with E-state index in [4.69, 9.17) is 34.9 Å². The Hall–Kier alpha value is -14.5. The smallest absolute Gasteiger partial charge is 0.164 e. The fourth-order valence-corrected chi connectivity index (χ4v) is 18.5. The van der Waals surface area contributed by atoms with Crippen LogP contribution < -0.4 is 0 Å². The van der Waals surface area contributed by atoms with Gasteiger partial charge in [0.2, 0.25) is 0 Å². The third-order valence-electron chi connectivity index (χ3n) is 21.1. The number of aromatic nitrogens is 9. The van der Waals surface area contributed by atoms with E-state index < -0.39 is 0 Å². The second-order valence-corrected chi connectivity index (χ2v) is 29.9. The van der Waals surface area contributed by atoms with Gasteiger partial charge in [-0.2, -0.15) is 0 Å². The molecular weight excluding hydrogens is 1400 g/mol. The first-order valence-electron chi connectivity index (χ1n) is 37.4. The van der Waals surface area contributed by atoms with Gasteiger partial charge in [-0.25, -0.2) is 34.9 Å². The molecule has 8 heterocycles. The molecule has 524 valence electrons. The number of thiophene rings is 2. The normalized spacial score (nSPS) is 11.6. The van der Waals surface area contributed by atoms with Crippen molar-refractivity contribution in [2.45, 2.75) is 0 Å². The van der Waals surface area contributed by atoms with E-state index in [9.17, 15) is 0 Å². The molecule has 0 spiro atoms. The van der Waals surface area contributed by atoms with Gasteiger partial charge in [0, 0.05) is 103 Å². The minimum absolute atomic E-state index is 0.635. The molecule has 0 bridgehead atoms. The zero-order valence-electron chi connectivity index (χ0n) is 60.2. The minimum atomic E-state index is 0.635. The van der Waals surface area contributed by atoms with Crippen LogP contribution in [0, 0.1) is 0 Å². The average Bonchev–Trinajstić information content (AvgIpc) is 1.55. The maximum Gasteiger partial charge on any atom is 0.164 e. The number of nitrogens with zero attached hydrogens (tertiary/aromatic N) is 9. The summed E-state index contributed by atoms with van der Waals surface area (Å²) in [7, 11) is 0. The number of rotatable bonds is 12. The Kier molecular flexibility index (Phi) is 16.4. The monoisotopic (exact) mass is 1470 g/mol. The van der Waals surface area contributed by atoms with E-state index in [0.29, 0.717) is 23.3 Å². The molecule has 22 rings (SSSR count). The SMILES string of the molecule is c1ccc(-c2cc(-c3ccc(-c4cccc5c4nc(-c4ccccc4)c4c5sc5c6ccccc6n(-c6ccccc6)c54)cc3)nc(-c3ccccc3)n2)cc1.c1ccc(-c2nc(-c3ccccc3)nc(-c3ccc(-c4ccc5c(c4)nc(-c4ccccc4)c4c5sc5c6ccccc6n(-c6ccccc6)c54)cc3)n2)cc1. The molecule has 11 heteroatoms. The lowest BCUT2D eigenvalue weighted by Gasteiger charge is -2.13. The van der Waals surface area contributed by atoms with Crippen molar-refractivity contribution in [1.82, 2.24) is 44.0 Å². The Bertz CT molecular complexity index is 7190. The van der Waals surface area contributed by atoms with Gasteiger partial charge in [-0.1, -0.05) is 334 Å². The molecule has 0 unspecified atom stereocenters. The molecule has 9 nitrogen and oxygen atoms in total. The Morgan fingerprint density at radius 1 is 0.214 bits per heavy atom. The number of hydrogen-bond donors (Lipinski definition) is 0. The van der Waals surface area contributed by atoms with Crippen LogP contribution in [0.2, 0.25) is 0 Å². The molecule has 0 aliphatic carbocycles. The molecule has 0 amide bonds. The van der Waals surface area contributed by atoms with Crippen molar-refractivity contribution in [3.8, 4) is 124 Å². The summed E-state index contributed by atoms with van der Waals surface area (Å²) in [6.07, 6.45) is 0. The maximum atomic E-state index is 5.62. The van der Waals surface area contributed by atoms with Crippen molar-refractivity contribution in [1.29, 1.82) is 0 Å². The molecule has 0 radical (unpaired) electrons. The summed E-state index contributed by atoms with van der Waals surface area (Å²) < 4.78 is 9.87. The van der Waals surface area contributed by atoms with Crippen molar-refractivity contribution in [2.75, 3.05) is 0 Å². The summed E-state index contributed by atoms with van der Waals surface area (Å²) in [4.78, 5) is 35.9. The molecule has 0 fully saturated rings. The molecule has 0 saturated carbocycles. The maximum absolute atomic E-state index is 5.62. The van der Waals surface area contributed by atoms with Gasteiger partial charge in [-0.3, -0.25) is 0 Å².